The van der Waals surface area contributed by atoms with Crippen molar-refractivity contribution in [1.82, 2.24) is 5.32 Å². The number of hydrogen-bond donors (Lipinski definition) is 2. The van der Waals surface area contributed by atoms with E-state index in [1.165, 1.54) is 7.11 Å². The van der Waals surface area contributed by atoms with Crippen LogP contribution < -0.4 is 14.8 Å². The van der Waals surface area contributed by atoms with Gasteiger partial charge >= 0.3 is 5.97 Å². The molecule has 0 aliphatic carbocycles. The number of hydrogen-bond acceptors (Lipinski definition) is 6. The zero-order valence-electron chi connectivity index (χ0n) is 11.3. The molecule has 1 aromatic carbocycles. The Balaban J connectivity index is 2.55. The number of carbonyl (C=O) groups is 1. The van der Waals surface area contributed by atoms with Crippen LogP contribution in [-0.4, -0.2) is 45.1 Å². The maximum atomic E-state index is 11.0. The molecule has 106 valence electrons. The zero-order chi connectivity index (χ0) is 14.3. The summed E-state index contributed by atoms with van der Waals surface area (Å²) in [7, 11) is 4.39. The highest BCUT2D eigenvalue weighted by atomic mass is 16.5. The second-order valence-electron chi connectivity index (χ2n) is 3.85. The first kappa shape index (κ1) is 15.3. The SMILES string of the molecule is COC(=O)C(O)CNCc1ccc(OC)cc1OC. The van der Waals surface area contributed by atoms with E-state index in [2.05, 4.69) is 10.1 Å². The van der Waals surface area contributed by atoms with Crippen molar-refractivity contribution in [3.05, 3.63) is 23.8 Å². The molecule has 0 spiro atoms. The molecule has 1 aromatic rings. The summed E-state index contributed by atoms with van der Waals surface area (Å²) in [4.78, 5) is 11.0. The third-order valence-electron chi connectivity index (χ3n) is 2.62. The van der Waals surface area contributed by atoms with Gasteiger partial charge in [-0.15, -0.1) is 0 Å². The molecule has 0 aliphatic rings. The fraction of sp³-hybridized carbons (Fsp3) is 0.462. The van der Waals surface area contributed by atoms with Gasteiger partial charge in [-0.25, -0.2) is 4.79 Å². The summed E-state index contributed by atoms with van der Waals surface area (Å²) in [5.74, 6) is 0.726. The third-order valence-corrected chi connectivity index (χ3v) is 2.62. The van der Waals surface area contributed by atoms with E-state index in [4.69, 9.17) is 9.47 Å². The minimum atomic E-state index is -1.17. The smallest absolute Gasteiger partial charge is 0.336 e. The molecule has 0 saturated heterocycles. The fourth-order valence-corrected chi connectivity index (χ4v) is 1.56. The molecular formula is C13H19NO5. The molecule has 0 bridgehead atoms. The highest BCUT2D eigenvalue weighted by molar-refractivity contribution is 5.74. The first-order chi connectivity index (χ1) is 9.12. The van der Waals surface area contributed by atoms with Gasteiger partial charge in [-0.2, -0.15) is 0 Å². The van der Waals surface area contributed by atoms with Gasteiger partial charge in [-0.1, -0.05) is 6.07 Å². The Labute approximate surface area is 112 Å². The van der Waals surface area contributed by atoms with Crippen molar-refractivity contribution in [1.29, 1.82) is 0 Å². The number of esters is 1. The van der Waals surface area contributed by atoms with Crippen LogP contribution in [0.4, 0.5) is 0 Å². The van der Waals surface area contributed by atoms with Crippen molar-refractivity contribution in [3.63, 3.8) is 0 Å². The van der Waals surface area contributed by atoms with Crippen LogP contribution in [-0.2, 0) is 16.1 Å². The Morgan fingerprint density at radius 3 is 2.63 bits per heavy atom. The summed E-state index contributed by atoms with van der Waals surface area (Å²) >= 11 is 0. The van der Waals surface area contributed by atoms with Crippen LogP contribution in [0.15, 0.2) is 18.2 Å². The summed E-state index contributed by atoms with van der Waals surface area (Å²) in [6.07, 6.45) is -1.17. The Morgan fingerprint density at radius 2 is 2.05 bits per heavy atom. The highest BCUT2D eigenvalue weighted by Gasteiger charge is 2.14. The van der Waals surface area contributed by atoms with Gasteiger partial charge < -0.3 is 24.6 Å². The number of aliphatic hydroxyl groups is 1. The lowest BCUT2D eigenvalue weighted by Gasteiger charge is -2.13. The maximum absolute atomic E-state index is 11.0. The number of aliphatic hydroxyl groups excluding tert-OH is 1. The van der Waals surface area contributed by atoms with E-state index < -0.39 is 12.1 Å². The molecule has 2 N–H and O–H groups in total. The van der Waals surface area contributed by atoms with E-state index in [9.17, 15) is 9.90 Å². The summed E-state index contributed by atoms with van der Waals surface area (Å²) < 4.78 is 14.8. The van der Waals surface area contributed by atoms with E-state index in [0.717, 1.165) is 5.56 Å². The van der Waals surface area contributed by atoms with Gasteiger partial charge in [-0.3, -0.25) is 0 Å². The number of ether oxygens (including phenoxy) is 3. The molecule has 1 unspecified atom stereocenters. The molecule has 0 fully saturated rings. The highest BCUT2D eigenvalue weighted by Crippen LogP contribution is 2.24. The molecule has 0 aliphatic heterocycles. The third kappa shape index (κ3) is 4.42. The van der Waals surface area contributed by atoms with Crippen LogP contribution in [0.2, 0.25) is 0 Å². The van der Waals surface area contributed by atoms with Crippen LogP contribution in [0.5, 0.6) is 11.5 Å². The Hall–Kier alpha value is -1.79. The van der Waals surface area contributed by atoms with Crippen LogP contribution in [0.25, 0.3) is 0 Å². The lowest BCUT2D eigenvalue weighted by molar-refractivity contribution is -0.150. The topological polar surface area (TPSA) is 77.0 Å². The van der Waals surface area contributed by atoms with Gasteiger partial charge in [0, 0.05) is 24.7 Å². The van der Waals surface area contributed by atoms with Crippen molar-refractivity contribution >= 4 is 5.97 Å². The summed E-state index contributed by atoms with van der Waals surface area (Å²) in [6.45, 7) is 0.572. The minimum absolute atomic E-state index is 0.113. The number of carbonyl (C=O) groups excluding carboxylic acids is 1. The largest absolute Gasteiger partial charge is 0.497 e. The van der Waals surface area contributed by atoms with Crippen molar-refractivity contribution in [3.8, 4) is 11.5 Å². The minimum Gasteiger partial charge on any atom is -0.497 e. The average Bonchev–Trinajstić information content (AvgIpc) is 2.46. The standard InChI is InChI=1S/C13H19NO5/c1-17-10-5-4-9(12(6-10)18-2)7-14-8-11(15)13(16)19-3/h4-6,11,14-15H,7-8H2,1-3H3. The van der Waals surface area contributed by atoms with E-state index in [1.54, 1.807) is 20.3 Å². The van der Waals surface area contributed by atoms with Gasteiger partial charge in [0.2, 0.25) is 0 Å². The predicted octanol–water partition coefficient (Wildman–Crippen LogP) is 0.327. The molecule has 1 rings (SSSR count). The first-order valence-electron chi connectivity index (χ1n) is 5.80. The lowest BCUT2D eigenvalue weighted by Crippen LogP contribution is -2.33. The Morgan fingerprint density at radius 1 is 1.32 bits per heavy atom. The Kier molecular flexibility index (Phi) is 6.11. The second-order valence-corrected chi connectivity index (χ2v) is 3.85. The van der Waals surface area contributed by atoms with Gasteiger partial charge in [-0.05, 0) is 6.07 Å². The summed E-state index contributed by atoms with van der Waals surface area (Å²) in [5.41, 5.74) is 0.903. The van der Waals surface area contributed by atoms with Crippen LogP contribution in [0.1, 0.15) is 5.56 Å². The molecule has 0 radical (unpaired) electrons. The molecule has 0 heterocycles. The Bertz CT molecular complexity index is 421. The molecule has 0 amide bonds. The number of nitrogens with one attached hydrogen (secondary N) is 1. The molecular weight excluding hydrogens is 250 g/mol. The van der Waals surface area contributed by atoms with Crippen molar-refractivity contribution in [2.45, 2.75) is 12.6 Å². The van der Waals surface area contributed by atoms with Crippen molar-refractivity contribution in [2.24, 2.45) is 0 Å². The van der Waals surface area contributed by atoms with Gasteiger partial charge in [0.25, 0.3) is 0 Å². The number of methoxy groups -OCH3 is 3. The molecule has 19 heavy (non-hydrogen) atoms. The average molecular weight is 269 g/mol. The maximum Gasteiger partial charge on any atom is 0.336 e. The molecule has 1 atom stereocenters. The van der Waals surface area contributed by atoms with Gasteiger partial charge in [0.1, 0.15) is 11.5 Å². The monoisotopic (exact) mass is 269 g/mol. The van der Waals surface area contributed by atoms with Gasteiger partial charge in [0.05, 0.1) is 21.3 Å². The van der Waals surface area contributed by atoms with E-state index >= 15 is 0 Å². The van der Waals surface area contributed by atoms with E-state index in [-0.39, 0.29) is 6.54 Å². The first-order valence-corrected chi connectivity index (χ1v) is 5.80. The normalized spacial score (nSPS) is 11.8. The fourth-order valence-electron chi connectivity index (χ4n) is 1.56. The quantitative estimate of drug-likeness (QED) is 0.695. The van der Waals surface area contributed by atoms with Gasteiger partial charge in [0.15, 0.2) is 6.10 Å². The van der Waals surface area contributed by atoms with E-state index in [1.807, 2.05) is 12.1 Å². The van der Waals surface area contributed by atoms with Crippen LogP contribution in [0, 0.1) is 0 Å². The molecule has 6 nitrogen and oxygen atoms in total. The van der Waals surface area contributed by atoms with Crippen LogP contribution >= 0.6 is 0 Å². The van der Waals surface area contributed by atoms with E-state index in [0.29, 0.717) is 18.0 Å². The molecule has 0 aromatic heterocycles. The number of benzene rings is 1. The number of rotatable bonds is 7. The summed E-state index contributed by atoms with van der Waals surface area (Å²) in [5, 5.41) is 12.4. The molecule has 0 saturated carbocycles. The lowest BCUT2D eigenvalue weighted by atomic mass is 10.2. The summed E-state index contributed by atoms with van der Waals surface area (Å²) in [6, 6.07) is 5.44. The second kappa shape index (κ2) is 7.60. The van der Waals surface area contributed by atoms with Crippen LogP contribution in [0.3, 0.4) is 0 Å². The molecule has 6 heteroatoms. The van der Waals surface area contributed by atoms with Crippen molar-refractivity contribution < 1.29 is 24.1 Å². The predicted molar refractivity (Wildman–Crippen MR) is 69.3 cm³/mol. The van der Waals surface area contributed by atoms with Crippen molar-refractivity contribution in [2.75, 3.05) is 27.9 Å². The zero-order valence-corrected chi connectivity index (χ0v) is 11.3.